The van der Waals surface area contributed by atoms with E-state index in [4.69, 9.17) is 21.4 Å². The molecule has 1 fully saturated rings. The van der Waals surface area contributed by atoms with Crippen LogP contribution in [0.1, 0.15) is 26.7 Å². The molecule has 2 heterocycles. The Bertz CT molecular complexity index is 1080. The van der Waals surface area contributed by atoms with Crippen molar-refractivity contribution in [3.05, 3.63) is 45.8 Å². The minimum Gasteiger partial charge on any atom is -0.486 e. The van der Waals surface area contributed by atoms with Gasteiger partial charge in [0.15, 0.2) is 0 Å². The maximum atomic E-state index is 13.3. The van der Waals surface area contributed by atoms with Crippen molar-refractivity contribution in [3.8, 4) is 11.4 Å². The molecule has 0 unspecified atom stereocenters. The van der Waals surface area contributed by atoms with Crippen molar-refractivity contribution in [2.24, 2.45) is 0 Å². The Balaban J connectivity index is 1.90. The van der Waals surface area contributed by atoms with Crippen molar-refractivity contribution in [2.45, 2.75) is 31.9 Å². The number of hydrogen-bond donors (Lipinski definition) is 1. The van der Waals surface area contributed by atoms with Crippen LogP contribution in [0.15, 0.2) is 35.3 Å². The quantitative estimate of drug-likeness (QED) is 0.542. The maximum Gasteiger partial charge on any atom is 0.316 e. The van der Waals surface area contributed by atoms with E-state index in [9.17, 15) is 13.2 Å². The van der Waals surface area contributed by atoms with Gasteiger partial charge in [-0.05, 0) is 44.9 Å². The first-order valence-electron chi connectivity index (χ1n) is 10.6. The lowest BCUT2D eigenvalue weighted by atomic mass is 10.3. The Kier molecular flexibility index (Phi) is 8.16. The van der Waals surface area contributed by atoms with Crippen LogP contribution in [-0.2, 0) is 10.0 Å². The first-order valence-corrected chi connectivity index (χ1v) is 12.5. The number of aromatic nitrogens is 2. The number of halogens is 1. The molecular formula is C21H29ClN4O5S. The van der Waals surface area contributed by atoms with Gasteiger partial charge in [-0.2, -0.15) is 14.1 Å². The summed E-state index contributed by atoms with van der Waals surface area (Å²) in [5, 5.41) is 13.3. The Hall–Kier alpha value is -2.14. The molecule has 0 radical (unpaired) electrons. The molecule has 1 aromatic heterocycles. The molecule has 32 heavy (non-hydrogen) atoms. The van der Waals surface area contributed by atoms with Crippen LogP contribution in [0.5, 0.6) is 5.75 Å². The van der Waals surface area contributed by atoms with Crippen LogP contribution in [0.3, 0.4) is 0 Å². The number of sulfonamides is 1. The molecule has 1 aliphatic heterocycles. The van der Waals surface area contributed by atoms with Crippen LogP contribution in [0.25, 0.3) is 5.69 Å². The van der Waals surface area contributed by atoms with E-state index in [1.165, 1.54) is 8.99 Å². The summed E-state index contributed by atoms with van der Waals surface area (Å²) in [6, 6.07) is 6.81. The van der Waals surface area contributed by atoms with E-state index in [0.717, 1.165) is 0 Å². The van der Waals surface area contributed by atoms with Crippen LogP contribution in [-0.4, -0.2) is 72.3 Å². The summed E-state index contributed by atoms with van der Waals surface area (Å²) in [4.78, 5) is 15.2. The molecule has 1 aliphatic rings. The van der Waals surface area contributed by atoms with Crippen LogP contribution < -0.4 is 15.2 Å². The van der Waals surface area contributed by atoms with E-state index in [-0.39, 0.29) is 19.0 Å². The number of rotatable bonds is 9. The summed E-state index contributed by atoms with van der Waals surface area (Å²) >= 11 is 6.07. The van der Waals surface area contributed by atoms with E-state index in [1.54, 1.807) is 44.3 Å². The highest BCUT2D eigenvalue weighted by atomic mass is 35.5. The smallest absolute Gasteiger partial charge is 0.316 e. The number of aliphatic hydroxyl groups excluding tert-OH is 1. The van der Waals surface area contributed by atoms with Gasteiger partial charge >= 0.3 is 5.56 Å². The fourth-order valence-electron chi connectivity index (χ4n) is 3.45. The highest BCUT2D eigenvalue weighted by Crippen LogP contribution is 2.27. The molecule has 0 bridgehead atoms. The van der Waals surface area contributed by atoms with Crippen molar-refractivity contribution in [3.63, 3.8) is 0 Å². The third-order valence-electron chi connectivity index (χ3n) is 5.30. The fraction of sp³-hybridized carbons (Fsp3) is 0.524. The van der Waals surface area contributed by atoms with Crippen LogP contribution in [0.4, 0.5) is 5.69 Å². The van der Waals surface area contributed by atoms with Gasteiger partial charge in [0.05, 0.1) is 23.7 Å². The number of aliphatic hydroxyl groups is 1. The van der Waals surface area contributed by atoms with Gasteiger partial charge in [-0.25, -0.2) is 8.42 Å². The highest BCUT2D eigenvalue weighted by molar-refractivity contribution is 7.89. The van der Waals surface area contributed by atoms with Crippen LogP contribution in [0, 0.1) is 0 Å². The number of unbranched alkanes of at least 4 members (excludes halogenated alkanes) is 1. The minimum atomic E-state index is -3.33. The SMILES string of the molecule is CC(C)S(=O)(=O)N1CCN(c2cnn(-c3cccc(Cl)c3)c(=O)c2OCCCCO)CC1. The second-order valence-electron chi connectivity index (χ2n) is 7.81. The summed E-state index contributed by atoms with van der Waals surface area (Å²) < 4.78 is 33.5. The van der Waals surface area contributed by atoms with Gasteiger partial charge in [0.2, 0.25) is 15.8 Å². The molecule has 9 nitrogen and oxygen atoms in total. The number of hydrogen-bond acceptors (Lipinski definition) is 7. The molecule has 0 amide bonds. The van der Waals surface area contributed by atoms with Gasteiger partial charge in [0, 0.05) is 37.8 Å². The molecule has 1 saturated heterocycles. The lowest BCUT2D eigenvalue weighted by Gasteiger charge is -2.36. The van der Waals surface area contributed by atoms with Crippen molar-refractivity contribution in [1.82, 2.24) is 14.1 Å². The predicted molar refractivity (Wildman–Crippen MR) is 125 cm³/mol. The maximum absolute atomic E-state index is 13.3. The lowest BCUT2D eigenvalue weighted by molar-refractivity contribution is 0.251. The zero-order valence-electron chi connectivity index (χ0n) is 18.3. The average Bonchev–Trinajstić information content (AvgIpc) is 2.77. The van der Waals surface area contributed by atoms with Crippen LogP contribution >= 0.6 is 11.6 Å². The second-order valence-corrected chi connectivity index (χ2v) is 10.7. The molecule has 1 aromatic carbocycles. The van der Waals surface area contributed by atoms with Gasteiger partial charge in [-0.3, -0.25) is 4.79 Å². The number of piperazine rings is 1. The molecule has 2 aromatic rings. The van der Waals surface area contributed by atoms with E-state index in [1.807, 2.05) is 4.90 Å². The Labute approximate surface area is 193 Å². The standard InChI is InChI=1S/C21H29ClN4O5S/c1-16(2)32(29,30)25-10-8-24(9-11-25)19-15-23-26(18-7-5-6-17(22)14-18)21(28)20(19)31-13-4-3-12-27/h5-7,14-16,27H,3-4,8-13H2,1-2H3. The van der Waals surface area contributed by atoms with E-state index < -0.39 is 20.8 Å². The summed E-state index contributed by atoms with van der Waals surface area (Å²) in [6.07, 6.45) is 2.72. The number of anilines is 1. The minimum absolute atomic E-state index is 0.0472. The molecule has 176 valence electrons. The zero-order chi connectivity index (χ0) is 23.3. The van der Waals surface area contributed by atoms with Gasteiger partial charge in [-0.1, -0.05) is 17.7 Å². The first-order chi connectivity index (χ1) is 15.3. The van der Waals surface area contributed by atoms with Gasteiger partial charge in [0.1, 0.15) is 5.69 Å². The van der Waals surface area contributed by atoms with Crippen molar-refractivity contribution in [2.75, 3.05) is 44.3 Å². The van der Waals surface area contributed by atoms with E-state index in [2.05, 4.69) is 5.10 Å². The second kappa shape index (κ2) is 10.7. The van der Waals surface area contributed by atoms with Gasteiger partial charge < -0.3 is 14.7 Å². The van der Waals surface area contributed by atoms with Gasteiger partial charge in [-0.15, -0.1) is 0 Å². The molecular weight excluding hydrogens is 456 g/mol. The topological polar surface area (TPSA) is 105 Å². The van der Waals surface area contributed by atoms with E-state index >= 15 is 0 Å². The third-order valence-corrected chi connectivity index (χ3v) is 7.81. The Morgan fingerprint density at radius 2 is 1.91 bits per heavy atom. The first kappa shape index (κ1) is 24.5. The summed E-state index contributed by atoms with van der Waals surface area (Å²) in [6.45, 7) is 5.13. The molecule has 0 spiro atoms. The lowest BCUT2D eigenvalue weighted by Crippen LogP contribution is -2.50. The zero-order valence-corrected chi connectivity index (χ0v) is 19.8. The average molecular weight is 485 g/mol. The van der Waals surface area contributed by atoms with Crippen LogP contribution in [0.2, 0.25) is 5.02 Å². The van der Waals surface area contributed by atoms with Crippen molar-refractivity contribution >= 4 is 27.3 Å². The number of nitrogens with zero attached hydrogens (tertiary/aromatic N) is 4. The molecule has 1 N–H and O–H groups in total. The molecule has 3 rings (SSSR count). The largest absolute Gasteiger partial charge is 0.486 e. The summed E-state index contributed by atoms with van der Waals surface area (Å²) in [5.41, 5.74) is 0.618. The fourth-order valence-corrected chi connectivity index (χ4v) is 4.90. The van der Waals surface area contributed by atoms with Crippen molar-refractivity contribution in [1.29, 1.82) is 0 Å². The van der Waals surface area contributed by atoms with Gasteiger partial charge in [0.25, 0.3) is 0 Å². The number of ether oxygens (including phenoxy) is 1. The highest BCUT2D eigenvalue weighted by Gasteiger charge is 2.31. The molecule has 0 atom stereocenters. The number of benzene rings is 1. The Morgan fingerprint density at radius 1 is 1.19 bits per heavy atom. The monoisotopic (exact) mass is 484 g/mol. The molecule has 11 heteroatoms. The van der Waals surface area contributed by atoms with E-state index in [0.29, 0.717) is 55.4 Å². The normalized spacial score (nSPS) is 15.3. The summed E-state index contributed by atoms with van der Waals surface area (Å²) in [7, 11) is -3.33. The predicted octanol–water partition coefficient (Wildman–Crippen LogP) is 1.90. The Morgan fingerprint density at radius 3 is 2.53 bits per heavy atom. The third kappa shape index (κ3) is 5.43. The van der Waals surface area contributed by atoms with Crippen molar-refractivity contribution < 1.29 is 18.3 Å². The summed E-state index contributed by atoms with van der Waals surface area (Å²) in [5.74, 6) is 0.151. The molecule has 0 aliphatic carbocycles. The molecule has 0 saturated carbocycles.